The molecule has 0 fully saturated rings. The molecule has 0 aromatic rings. The zero-order valence-corrected chi connectivity index (χ0v) is 11.2. The van der Waals surface area contributed by atoms with Crippen molar-refractivity contribution in [1.29, 1.82) is 0 Å². The van der Waals surface area contributed by atoms with Gasteiger partial charge < -0.3 is 5.11 Å². The summed E-state index contributed by atoms with van der Waals surface area (Å²) in [6.07, 6.45) is 21.7. The number of unbranched alkanes of at least 4 members (excludes halogenated alkanes) is 1. The molecule has 0 amide bonds. The Kier molecular flexibility index (Phi) is 12.3. The topological polar surface area (TPSA) is 37.3 Å². The predicted molar refractivity (Wildman–Crippen MR) is 77.6 cm³/mol. The minimum Gasteiger partial charge on any atom is -0.481 e. The molecule has 0 radical (unpaired) electrons. The third-order valence-corrected chi connectivity index (χ3v) is 2.30. The first-order valence-corrected chi connectivity index (χ1v) is 6.55. The quantitative estimate of drug-likeness (QED) is 0.451. The first kappa shape index (κ1) is 16.4. The monoisotopic (exact) mass is 248 g/mol. The second-order valence-electron chi connectivity index (χ2n) is 3.96. The van der Waals surface area contributed by atoms with Crippen LogP contribution in [0.25, 0.3) is 0 Å². The summed E-state index contributed by atoms with van der Waals surface area (Å²) in [4.78, 5) is 10.2. The summed E-state index contributed by atoms with van der Waals surface area (Å²) in [6, 6.07) is 0. The number of hydrogen-bond donors (Lipinski definition) is 1. The molecule has 100 valence electrons. The number of carbonyl (C=O) groups is 1. The fourth-order valence-corrected chi connectivity index (χ4v) is 1.33. The van der Waals surface area contributed by atoms with Gasteiger partial charge in [0.05, 0.1) is 0 Å². The molecule has 2 heteroatoms. The second kappa shape index (κ2) is 13.5. The van der Waals surface area contributed by atoms with Crippen molar-refractivity contribution < 1.29 is 9.90 Å². The summed E-state index contributed by atoms with van der Waals surface area (Å²) in [5, 5.41) is 8.43. The highest BCUT2D eigenvalue weighted by molar-refractivity contribution is 5.66. The van der Waals surface area contributed by atoms with Crippen LogP contribution >= 0.6 is 0 Å². The van der Waals surface area contributed by atoms with Crippen LogP contribution in [0.15, 0.2) is 48.6 Å². The molecular formula is C16H24O2. The largest absolute Gasteiger partial charge is 0.481 e. The average Bonchev–Trinajstić information content (AvgIpc) is 2.34. The Labute approximate surface area is 110 Å². The van der Waals surface area contributed by atoms with Crippen molar-refractivity contribution in [2.75, 3.05) is 0 Å². The van der Waals surface area contributed by atoms with E-state index in [2.05, 4.69) is 36.5 Å². The van der Waals surface area contributed by atoms with Crippen LogP contribution < -0.4 is 0 Å². The molecule has 0 aliphatic carbocycles. The average molecular weight is 248 g/mol. The Morgan fingerprint density at radius 3 is 1.83 bits per heavy atom. The minimum atomic E-state index is -0.736. The van der Waals surface area contributed by atoms with Gasteiger partial charge in [-0.1, -0.05) is 48.6 Å². The zero-order valence-electron chi connectivity index (χ0n) is 11.2. The molecule has 2 nitrogen and oxygen atoms in total. The SMILES string of the molecule is C/C=C/C/C=C/CC/C=C/C/C=C/CCC(=O)O. The van der Waals surface area contributed by atoms with Gasteiger partial charge in [0, 0.05) is 6.42 Å². The van der Waals surface area contributed by atoms with Gasteiger partial charge in [0.15, 0.2) is 0 Å². The van der Waals surface area contributed by atoms with Gasteiger partial charge >= 0.3 is 5.97 Å². The van der Waals surface area contributed by atoms with E-state index in [1.807, 2.05) is 19.1 Å². The zero-order chi connectivity index (χ0) is 13.5. The van der Waals surface area contributed by atoms with E-state index in [1.54, 1.807) is 0 Å². The van der Waals surface area contributed by atoms with E-state index >= 15 is 0 Å². The minimum absolute atomic E-state index is 0.219. The fraction of sp³-hybridized carbons (Fsp3) is 0.438. The van der Waals surface area contributed by atoms with Crippen LogP contribution in [0.4, 0.5) is 0 Å². The Bertz CT molecular complexity index is 309. The van der Waals surface area contributed by atoms with Crippen LogP contribution in [0, 0.1) is 0 Å². The molecule has 1 N–H and O–H groups in total. The van der Waals surface area contributed by atoms with Crippen molar-refractivity contribution in [3.05, 3.63) is 48.6 Å². The van der Waals surface area contributed by atoms with E-state index in [1.165, 1.54) is 0 Å². The highest BCUT2D eigenvalue weighted by Crippen LogP contribution is 1.98. The number of rotatable bonds is 10. The van der Waals surface area contributed by atoms with Gasteiger partial charge in [0.1, 0.15) is 0 Å². The van der Waals surface area contributed by atoms with E-state index in [-0.39, 0.29) is 6.42 Å². The molecule has 18 heavy (non-hydrogen) atoms. The fourth-order valence-electron chi connectivity index (χ4n) is 1.33. The molecule has 0 aromatic heterocycles. The summed E-state index contributed by atoms with van der Waals surface area (Å²) in [7, 11) is 0. The third kappa shape index (κ3) is 14.4. The summed E-state index contributed by atoms with van der Waals surface area (Å²) in [6.45, 7) is 2.03. The number of carboxylic acid groups (broad SMARTS) is 1. The Morgan fingerprint density at radius 2 is 1.33 bits per heavy atom. The van der Waals surface area contributed by atoms with E-state index in [4.69, 9.17) is 5.11 Å². The number of carboxylic acids is 1. The highest BCUT2D eigenvalue weighted by Gasteiger charge is 1.90. The molecular weight excluding hydrogens is 224 g/mol. The van der Waals surface area contributed by atoms with E-state index in [0.717, 1.165) is 25.7 Å². The molecule has 0 heterocycles. The molecule has 0 aliphatic heterocycles. The number of hydrogen-bond acceptors (Lipinski definition) is 1. The molecule has 0 aromatic carbocycles. The van der Waals surface area contributed by atoms with Crippen molar-refractivity contribution in [3.8, 4) is 0 Å². The summed E-state index contributed by atoms with van der Waals surface area (Å²) in [5.74, 6) is -0.736. The second-order valence-corrected chi connectivity index (χ2v) is 3.96. The number of aliphatic carboxylic acids is 1. The molecule has 0 atom stereocenters. The highest BCUT2D eigenvalue weighted by atomic mass is 16.4. The normalized spacial score (nSPS) is 12.5. The lowest BCUT2D eigenvalue weighted by atomic mass is 10.2. The van der Waals surface area contributed by atoms with Crippen LogP contribution in [0.2, 0.25) is 0 Å². The first-order chi connectivity index (χ1) is 8.77. The predicted octanol–water partition coefficient (Wildman–Crippen LogP) is 4.66. The van der Waals surface area contributed by atoms with Crippen molar-refractivity contribution in [1.82, 2.24) is 0 Å². The maximum atomic E-state index is 10.2. The van der Waals surface area contributed by atoms with Gasteiger partial charge in [0.25, 0.3) is 0 Å². The maximum Gasteiger partial charge on any atom is 0.303 e. The summed E-state index contributed by atoms with van der Waals surface area (Å²) in [5.41, 5.74) is 0. The van der Waals surface area contributed by atoms with Gasteiger partial charge in [-0.05, 0) is 39.0 Å². The summed E-state index contributed by atoms with van der Waals surface area (Å²) < 4.78 is 0. The van der Waals surface area contributed by atoms with Crippen molar-refractivity contribution in [2.24, 2.45) is 0 Å². The molecule has 0 aliphatic rings. The van der Waals surface area contributed by atoms with Crippen molar-refractivity contribution >= 4 is 5.97 Å². The van der Waals surface area contributed by atoms with E-state index in [9.17, 15) is 4.79 Å². The van der Waals surface area contributed by atoms with Crippen LogP contribution in [-0.4, -0.2) is 11.1 Å². The van der Waals surface area contributed by atoms with Crippen molar-refractivity contribution in [3.63, 3.8) is 0 Å². The maximum absolute atomic E-state index is 10.2. The van der Waals surface area contributed by atoms with Gasteiger partial charge in [-0.15, -0.1) is 0 Å². The first-order valence-electron chi connectivity index (χ1n) is 6.55. The van der Waals surface area contributed by atoms with Crippen LogP contribution in [-0.2, 0) is 4.79 Å². The van der Waals surface area contributed by atoms with Gasteiger partial charge in [-0.2, -0.15) is 0 Å². The third-order valence-electron chi connectivity index (χ3n) is 2.30. The lowest BCUT2D eigenvalue weighted by molar-refractivity contribution is -0.136. The molecule has 0 saturated heterocycles. The molecule has 0 saturated carbocycles. The van der Waals surface area contributed by atoms with Gasteiger partial charge in [-0.3, -0.25) is 4.79 Å². The number of allylic oxidation sites excluding steroid dienone is 8. The Hall–Kier alpha value is -1.57. The lowest BCUT2D eigenvalue weighted by Gasteiger charge is -1.88. The van der Waals surface area contributed by atoms with Crippen LogP contribution in [0.1, 0.15) is 45.4 Å². The van der Waals surface area contributed by atoms with Crippen LogP contribution in [0.5, 0.6) is 0 Å². The van der Waals surface area contributed by atoms with E-state index < -0.39 is 5.97 Å². The van der Waals surface area contributed by atoms with Gasteiger partial charge in [0.2, 0.25) is 0 Å². The van der Waals surface area contributed by atoms with Crippen LogP contribution in [0.3, 0.4) is 0 Å². The molecule has 0 unspecified atom stereocenters. The smallest absolute Gasteiger partial charge is 0.303 e. The molecule has 0 spiro atoms. The summed E-state index contributed by atoms with van der Waals surface area (Å²) >= 11 is 0. The Balaban J connectivity index is 3.38. The lowest BCUT2D eigenvalue weighted by Crippen LogP contribution is -1.91. The van der Waals surface area contributed by atoms with Gasteiger partial charge in [-0.25, -0.2) is 0 Å². The Morgan fingerprint density at radius 1 is 0.833 bits per heavy atom. The molecule has 0 bridgehead atoms. The van der Waals surface area contributed by atoms with E-state index in [0.29, 0.717) is 6.42 Å². The van der Waals surface area contributed by atoms with Crippen molar-refractivity contribution in [2.45, 2.75) is 45.4 Å². The standard InChI is InChI=1S/C16H24O2/c1-2-3-4-5-6-7-8-9-10-11-12-13-14-15-16(17)18/h2-3,5-6,9-10,12-13H,4,7-8,11,14-15H2,1H3,(H,17,18)/b3-2+,6-5+,10-9+,13-12+. The molecule has 0 rings (SSSR count).